The summed E-state index contributed by atoms with van der Waals surface area (Å²) in [5, 5.41) is 35.8. The first-order valence-corrected chi connectivity index (χ1v) is 21.1. The number of phenols is 2. The minimum absolute atomic E-state index is 0.0107. The van der Waals surface area contributed by atoms with E-state index in [2.05, 4.69) is 55.2 Å². The van der Waals surface area contributed by atoms with Crippen LogP contribution < -0.4 is 10.1 Å². The Morgan fingerprint density at radius 1 is 0.919 bits per heavy atom. The number of pyridine rings is 2. The third kappa shape index (κ3) is 7.00. The maximum atomic E-state index is 13.3. The average Bonchev–Trinajstić information content (AvgIpc) is 3.99. The van der Waals surface area contributed by atoms with E-state index in [1.54, 1.807) is 21.8 Å². The molecule has 7 heterocycles. The predicted molar refractivity (Wildman–Crippen MR) is 237 cm³/mol. The van der Waals surface area contributed by atoms with E-state index in [1.807, 2.05) is 69.3 Å². The van der Waals surface area contributed by atoms with Crippen molar-refractivity contribution in [2.75, 3.05) is 19.6 Å². The van der Waals surface area contributed by atoms with Crippen molar-refractivity contribution >= 4 is 56.3 Å². The van der Waals surface area contributed by atoms with Gasteiger partial charge in [-0.15, -0.1) is 10.2 Å². The van der Waals surface area contributed by atoms with Gasteiger partial charge in [-0.3, -0.25) is 9.36 Å². The van der Waals surface area contributed by atoms with E-state index < -0.39 is 5.91 Å². The molecule has 0 atom stereocenters. The van der Waals surface area contributed by atoms with Gasteiger partial charge in [-0.25, -0.2) is 9.78 Å². The van der Waals surface area contributed by atoms with Gasteiger partial charge in [0, 0.05) is 78.1 Å². The van der Waals surface area contributed by atoms with Crippen LogP contribution in [0.2, 0.25) is 0 Å². The molecule has 1 fully saturated rings. The van der Waals surface area contributed by atoms with Gasteiger partial charge in [0.15, 0.2) is 5.82 Å². The van der Waals surface area contributed by atoms with Gasteiger partial charge >= 0.3 is 6.09 Å². The molecule has 14 nitrogen and oxygen atoms in total. The minimum atomic E-state index is -0.391. The van der Waals surface area contributed by atoms with Gasteiger partial charge in [0.05, 0.1) is 34.1 Å². The Labute approximate surface area is 356 Å². The maximum absolute atomic E-state index is 13.3. The van der Waals surface area contributed by atoms with Crippen LogP contribution in [-0.2, 0) is 17.9 Å². The van der Waals surface area contributed by atoms with E-state index in [-0.39, 0.29) is 35.2 Å². The molecule has 10 rings (SSSR count). The van der Waals surface area contributed by atoms with E-state index >= 15 is 0 Å². The molecule has 0 saturated carbocycles. The third-order valence-corrected chi connectivity index (χ3v) is 12.2. The second kappa shape index (κ2) is 15.6. The molecule has 0 bridgehead atoms. The largest absolute Gasteiger partial charge is 0.508 e. The zero-order chi connectivity index (χ0) is 42.6. The molecule has 314 valence electrons. The number of hydrogen-bond acceptors (Lipinski definition) is 9. The lowest BCUT2D eigenvalue weighted by atomic mass is 9.94. The second-order valence-electron chi connectivity index (χ2n) is 16.5. The van der Waals surface area contributed by atoms with E-state index in [0.29, 0.717) is 54.7 Å². The van der Waals surface area contributed by atoms with E-state index in [1.165, 1.54) is 6.07 Å². The number of ether oxygens (including phenoxy) is 2. The lowest BCUT2D eigenvalue weighted by Gasteiger charge is -2.31. The highest BCUT2D eigenvalue weighted by molar-refractivity contribution is 6.01. The molecule has 3 aromatic carbocycles. The molecule has 62 heavy (non-hydrogen) atoms. The van der Waals surface area contributed by atoms with Crippen LogP contribution in [0.25, 0.3) is 61.4 Å². The summed E-state index contributed by atoms with van der Waals surface area (Å²) in [7, 11) is 0. The van der Waals surface area contributed by atoms with Gasteiger partial charge < -0.3 is 38.9 Å². The zero-order valence-electron chi connectivity index (χ0n) is 34.7. The molecule has 5 aromatic heterocycles. The average molecular weight is 831 g/mol. The van der Waals surface area contributed by atoms with E-state index in [0.717, 1.165) is 75.2 Å². The maximum Gasteiger partial charge on any atom is 0.415 e. The SMILES string of the molecule is CCNC(=O)c1nnc(-c2cc(C(C)C)c(O)cc2O)n1-c1ccc2c(ccn2CCC2CCN(C(=O)Oc3ccc4nc5c(cc4c3)cn3cc4c(cc53)C=COC4)CC2)c1. The van der Waals surface area contributed by atoms with Crippen molar-refractivity contribution in [2.45, 2.75) is 59.1 Å². The Bertz CT molecular complexity index is 3100. The van der Waals surface area contributed by atoms with Crippen LogP contribution in [0.1, 0.15) is 73.3 Å². The first-order valence-electron chi connectivity index (χ1n) is 21.1. The minimum Gasteiger partial charge on any atom is -0.508 e. The number of likely N-dealkylation sites (tertiary alicyclic amines) is 1. The normalized spacial score (nSPS) is 14.3. The Morgan fingerprint density at radius 3 is 2.60 bits per heavy atom. The first kappa shape index (κ1) is 38.8. The van der Waals surface area contributed by atoms with Crippen LogP contribution in [0.5, 0.6) is 17.2 Å². The number of benzene rings is 3. The van der Waals surface area contributed by atoms with E-state index in [9.17, 15) is 19.8 Å². The fraction of sp³-hybridized carbons (Fsp3) is 0.271. The number of phenolic OH excluding ortho intramolecular Hbond substituents is 2. The number of carbonyl (C=O) groups excluding carboxylic acids is 2. The summed E-state index contributed by atoms with van der Waals surface area (Å²) in [4.78, 5) is 33.3. The molecule has 3 N–H and O–H groups in total. The smallest absolute Gasteiger partial charge is 0.415 e. The molecule has 0 unspecified atom stereocenters. The number of amides is 2. The molecule has 2 aliphatic rings. The van der Waals surface area contributed by atoms with Crippen molar-refractivity contribution in [3.05, 3.63) is 114 Å². The third-order valence-electron chi connectivity index (χ3n) is 12.2. The summed E-state index contributed by atoms with van der Waals surface area (Å²) < 4.78 is 17.4. The van der Waals surface area contributed by atoms with Crippen LogP contribution in [0.4, 0.5) is 4.79 Å². The number of fused-ring (bicyclic) bond motifs is 6. The molecule has 0 aliphatic carbocycles. The fourth-order valence-electron chi connectivity index (χ4n) is 8.89. The van der Waals surface area contributed by atoms with Crippen molar-refractivity contribution in [3.8, 4) is 34.3 Å². The van der Waals surface area contributed by atoms with Crippen LogP contribution in [0.15, 0.2) is 91.6 Å². The summed E-state index contributed by atoms with van der Waals surface area (Å²) >= 11 is 0. The van der Waals surface area contributed by atoms with Crippen LogP contribution in [0.3, 0.4) is 0 Å². The van der Waals surface area contributed by atoms with Crippen LogP contribution >= 0.6 is 0 Å². The zero-order valence-corrected chi connectivity index (χ0v) is 34.7. The molecule has 14 heteroatoms. The highest BCUT2D eigenvalue weighted by atomic mass is 16.6. The Hall–Kier alpha value is -7.35. The summed E-state index contributed by atoms with van der Waals surface area (Å²) in [6, 6.07) is 20.8. The molecule has 0 spiro atoms. The second-order valence-corrected chi connectivity index (χ2v) is 16.5. The molecule has 2 amide bonds. The molecule has 2 aliphatic heterocycles. The lowest BCUT2D eigenvalue weighted by molar-refractivity contribution is 0.0943. The molecular formula is C48H46N8O6. The summed E-state index contributed by atoms with van der Waals surface area (Å²) in [5.41, 5.74) is 7.75. The van der Waals surface area contributed by atoms with Crippen molar-refractivity contribution < 1.29 is 29.3 Å². The van der Waals surface area contributed by atoms with Crippen molar-refractivity contribution in [3.63, 3.8) is 0 Å². The topological polar surface area (TPSA) is 161 Å². The Kier molecular flexibility index (Phi) is 9.77. The van der Waals surface area contributed by atoms with Gasteiger partial charge in [-0.1, -0.05) is 13.8 Å². The number of nitrogens with zero attached hydrogens (tertiary/aromatic N) is 7. The lowest BCUT2D eigenvalue weighted by Crippen LogP contribution is -2.40. The Morgan fingerprint density at radius 2 is 1.77 bits per heavy atom. The number of rotatable bonds is 9. The van der Waals surface area contributed by atoms with Gasteiger partial charge in [0.2, 0.25) is 5.82 Å². The van der Waals surface area contributed by atoms with Crippen molar-refractivity contribution in [1.82, 2.24) is 38.9 Å². The molecule has 1 saturated heterocycles. The number of nitrogens with one attached hydrogen (secondary N) is 1. The predicted octanol–water partition coefficient (Wildman–Crippen LogP) is 8.93. The summed E-state index contributed by atoms with van der Waals surface area (Å²) in [6.07, 6.45) is 12.3. The summed E-state index contributed by atoms with van der Waals surface area (Å²) in [6.45, 7) is 8.75. The standard InChI is InChI=1S/C48H46N8O6/c1-4-49-47(59)46-52-51-45(38-23-37(28(2)3)42(57)24-43(38)58)56(46)35-5-8-40-31(20-35)12-17-53(40)14-9-29-10-15-54(16-11-29)48(60)62-36-6-7-39-32(21-36)19-33-25-55-26-34-27-61-18-13-30(34)22-41(55)44(33)50-39/h5-8,12-13,17-26,28-29,57-58H,4,9-11,14-16,27H2,1-3H3,(H,49,59). The van der Waals surface area contributed by atoms with Crippen LogP contribution in [0, 0.1) is 5.92 Å². The van der Waals surface area contributed by atoms with Gasteiger partial charge in [-0.2, -0.15) is 0 Å². The van der Waals surface area contributed by atoms with Gasteiger partial charge in [0.1, 0.15) is 23.9 Å². The van der Waals surface area contributed by atoms with E-state index in [4.69, 9.17) is 14.5 Å². The number of carbonyl (C=O) groups is 2. The number of aryl methyl sites for hydroxylation is 1. The van der Waals surface area contributed by atoms with Gasteiger partial charge in [-0.05, 0) is 116 Å². The Balaban J connectivity index is 0.798. The summed E-state index contributed by atoms with van der Waals surface area (Å²) in [5.74, 6) is 0.731. The number of aromatic nitrogens is 6. The fourth-order valence-corrected chi connectivity index (χ4v) is 8.89. The van der Waals surface area contributed by atoms with Crippen molar-refractivity contribution in [1.29, 1.82) is 0 Å². The number of piperidine rings is 1. The first-order chi connectivity index (χ1) is 30.1. The number of hydrogen-bond donors (Lipinski definition) is 3. The molecule has 0 radical (unpaired) electrons. The molecule has 8 aromatic rings. The quantitative estimate of drug-likeness (QED) is 0.129. The van der Waals surface area contributed by atoms with Gasteiger partial charge in [0.25, 0.3) is 5.91 Å². The monoisotopic (exact) mass is 830 g/mol. The van der Waals surface area contributed by atoms with Crippen LogP contribution in [-0.4, -0.2) is 75.5 Å². The highest BCUT2D eigenvalue weighted by Crippen LogP contribution is 2.39. The molecular weight excluding hydrogens is 785 g/mol. The number of aromatic hydroxyl groups is 2. The highest BCUT2D eigenvalue weighted by Gasteiger charge is 2.27. The van der Waals surface area contributed by atoms with Crippen molar-refractivity contribution in [2.24, 2.45) is 5.92 Å².